The zero-order chi connectivity index (χ0) is 17.3. The fourth-order valence-corrected chi connectivity index (χ4v) is 2.46. The topological polar surface area (TPSA) is 43.6 Å². The predicted molar refractivity (Wildman–Crippen MR) is 91.8 cm³/mol. The summed E-state index contributed by atoms with van der Waals surface area (Å²) in [6, 6.07) is 10.4. The normalized spacial score (nSPS) is 11.7. The number of aryl methyl sites for hydroxylation is 1. The van der Waals surface area contributed by atoms with Gasteiger partial charge in [0.2, 0.25) is 0 Å². The molecule has 0 bridgehead atoms. The van der Waals surface area contributed by atoms with E-state index in [2.05, 4.69) is 35.8 Å². The minimum Gasteiger partial charge on any atom is -0.216 e. The Bertz CT molecular complexity index is 845. The minimum absolute atomic E-state index is 0.0218. The van der Waals surface area contributed by atoms with Crippen LogP contribution in [-0.2, 0) is 11.8 Å². The van der Waals surface area contributed by atoms with Crippen molar-refractivity contribution >= 4 is 0 Å². The molecular formula is C19H21FN4. The first-order valence-electron chi connectivity index (χ1n) is 7.97. The van der Waals surface area contributed by atoms with Crippen LogP contribution in [0.1, 0.15) is 43.4 Å². The van der Waals surface area contributed by atoms with Crippen molar-refractivity contribution in [3.05, 3.63) is 71.1 Å². The Morgan fingerprint density at radius 1 is 1.04 bits per heavy atom. The summed E-state index contributed by atoms with van der Waals surface area (Å²) in [5.41, 5.74) is 3.75. The summed E-state index contributed by atoms with van der Waals surface area (Å²) in [7, 11) is 0. The lowest BCUT2D eigenvalue weighted by Crippen LogP contribution is -2.13. The van der Waals surface area contributed by atoms with E-state index in [4.69, 9.17) is 0 Å². The van der Waals surface area contributed by atoms with Gasteiger partial charge in [0.05, 0.1) is 11.4 Å². The molecule has 124 valence electrons. The maximum atomic E-state index is 13.0. The molecule has 0 fully saturated rings. The summed E-state index contributed by atoms with van der Waals surface area (Å²) in [6.45, 7) is 8.30. The lowest BCUT2D eigenvalue weighted by Gasteiger charge is -2.14. The molecule has 24 heavy (non-hydrogen) atoms. The molecule has 2 aromatic heterocycles. The van der Waals surface area contributed by atoms with E-state index in [0.717, 1.165) is 22.6 Å². The molecule has 0 N–H and O–H groups in total. The zero-order valence-corrected chi connectivity index (χ0v) is 14.4. The van der Waals surface area contributed by atoms with E-state index in [0.29, 0.717) is 12.4 Å². The van der Waals surface area contributed by atoms with E-state index >= 15 is 0 Å². The third kappa shape index (κ3) is 3.67. The molecule has 0 aliphatic carbocycles. The molecule has 0 aliphatic rings. The van der Waals surface area contributed by atoms with Crippen molar-refractivity contribution in [2.75, 3.05) is 0 Å². The summed E-state index contributed by atoms with van der Waals surface area (Å²) >= 11 is 0. The number of benzene rings is 1. The highest BCUT2D eigenvalue weighted by Crippen LogP contribution is 2.20. The zero-order valence-electron chi connectivity index (χ0n) is 14.4. The Kier molecular flexibility index (Phi) is 4.18. The standard InChI is InChI=1S/C19H21FN4/c1-13-11-16(12-14-5-7-15(20)8-6-14)22-18(21-13)24-10-9-17(23-24)19(2,3)4/h5-11H,12H2,1-4H3. The molecule has 5 heteroatoms. The lowest BCUT2D eigenvalue weighted by atomic mass is 9.93. The van der Waals surface area contributed by atoms with Gasteiger partial charge in [-0.1, -0.05) is 32.9 Å². The Balaban J connectivity index is 1.91. The molecule has 0 spiro atoms. The minimum atomic E-state index is -0.232. The van der Waals surface area contributed by atoms with Gasteiger partial charge in [0.1, 0.15) is 5.82 Å². The van der Waals surface area contributed by atoms with Crippen LogP contribution in [0.4, 0.5) is 4.39 Å². The Labute approximate surface area is 141 Å². The molecule has 3 aromatic rings. The molecular weight excluding hydrogens is 303 g/mol. The van der Waals surface area contributed by atoms with Crippen LogP contribution >= 0.6 is 0 Å². The highest BCUT2D eigenvalue weighted by atomic mass is 19.1. The quantitative estimate of drug-likeness (QED) is 0.731. The third-order valence-corrected chi connectivity index (χ3v) is 3.76. The number of rotatable bonds is 3. The summed E-state index contributed by atoms with van der Waals surface area (Å²) < 4.78 is 14.7. The first-order chi connectivity index (χ1) is 11.3. The van der Waals surface area contributed by atoms with Crippen molar-refractivity contribution in [2.45, 2.75) is 39.5 Å². The van der Waals surface area contributed by atoms with Crippen LogP contribution in [0.15, 0.2) is 42.6 Å². The molecule has 0 saturated heterocycles. The SMILES string of the molecule is Cc1cc(Cc2ccc(F)cc2)nc(-n2ccc(C(C)(C)C)n2)n1. The van der Waals surface area contributed by atoms with Gasteiger partial charge in [0.15, 0.2) is 0 Å². The van der Waals surface area contributed by atoms with Crippen molar-refractivity contribution in [3.8, 4) is 5.95 Å². The van der Waals surface area contributed by atoms with Crippen molar-refractivity contribution < 1.29 is 4.39 Å². The van der Waals surface area contributed by atoms with E-state index in [9.17, 15) is 4.39 Å². The second-order valence-corrected chi connectivity index (χ2v) is 7.00. The average Bonchev–Trinajstić information content (AvgIpc) is 2.99. The Hall–Kier alpha value is -2.56. The molecule has 4 nitrogen and oxygen atoms in total. The Morgan fingerprint density at radius 2 is 1.75 bits per heavy atom. The van der Waals surface area contributed by atoms with E-state index in [1.165, 1.54) is 12.1 Å². The first-order valence-corrected chi connectivity index (χ1v) is 7.97. The fraction of sp³-hybridized carbons (Fsp3) is 0.316. The monoisotopic (exact) mass is 324 g/mol. The van der Waals surface area contributed by atoms with Crippen molar-refractivity contribution in [1.29, 1.82) is 0 Å². The van der Waals surface area contributed by atoms with E-state index < -0.39 is 0 Å². The first kappa shape index (κ1) is 16.3. The second-order valence-electron chi connectivity index (χ2n) is 7.00. The number of halogens is 1. The number of hydrogen-bond acceptors (Lipinski definition) is 3. The van der Waals surface area contributed by atoms with E-state index in [1.807, 2.05) is 25.3 Å². The van der Waals surface area contributed by atoms with Gasteiger partial charge in [-0.05, 0) is 36.8 Å². The second kappa shape index (κ2) is 6.15. The Morgan fingerprint density at radius 3 is 2.38 bits per heavy atom. The molecule has 0 radical (unpaired) electrons. The van der Waals surface area contributed by atoms with Crippen molar-refractivity contribution in [3.63, 3.8) is 0 Å². The summed E-state index contributed by atoms with van der Waals surface area (Å²) in [6.07, 6.45) is 2.51. The van der Waals surface area contributed by atoms with Crippen LogP contribution in [0.25, 0.3) is 5.95 Å². The van der Waals surface area contributed by atoms with E-state index in [1.54, 1.807) is 16.8 Å². The molecule has 3 rings (SSSR count). The van der Waals surface area contributed by atoms with Gasteiger partial charge in [-0.2, -0.15) is 5.10 Å². The highest BCUT2D eigenvalue weighted by molar-refractivity contribution is 5.26. The van der Waals surface area contributed by atoms with Crippen LogP contribution in [0.2, 0.25) is 0 Å². The van der Waals surface area contributed by atoms with Gasteiger partial charge in [-0.3, -0.25) is 0 Å². The van der Waals surface area contributed by atoms with E-state index in [-0.39, 0.29) is 11.2 Å². The highest BCUT2D eigenvalue weighted by Gasteiger charge is 2.18. The molecule has 0 atom stereocenters. The van der Waals surface area contributed by atoms with Crippen molar-refractivity contribution in [1.82, 2.24) is 19.7 Å². The fourth-order valence-electron chi connectivity index (χ4n) is 2.46. The van der Waals surface area contributed by atoms with Gasteiger partial charge in [0, 0.05) is 23.7 Å². The molecule has 2 heterocycles. The predicted octanol–water partition coefficient (Wildman–Crippen LogP) is 4.00. The maximum Gasteiger partial charge on any atom is 0.250 e. The third-order valence-electron chi connectivity index (χ3n) is 3.76. The van der Waals surface area contributed by atoms with Crippen LogP contribution in [0.3, 0.4) is 0 Å². The molecule has 0 unspecified atom stereocenters. The van der Waals surface area contributed by atoms with Crippen LogP contribution in [0, 0.1) is 12.7 Å². The van der Waals surface area contributed by atoms with Gasteiger partial charge < -0.3 is 0 Å². The lowest BCUT2D eigenvalue weighted by molar-refractivity contribution is 0.558. The van der Waals surface area contributed by atoms with Gasteiger partial charge in [-0.15, -0.1) is 0 Å². The van der Waals surface area contributed by atoms with Crippen LogP contribution < -0.4 is 0 Å². The smallest absolute Gasteiger partial charge is 0.216 e. The molecule has 0 amide bonds. The molecule has 0 saturated carbocycles. The largest absolute Gasteiger partial charge is 0.250 e. The molecule has 0 aliphatic heterocycles. The van der Waals surface area contributed by atoms with Gasteiger partial charge >= 0.3 is 0 Å². The summed E-state index contributed by atoms with van der Waals surface area (Å²) in [4.78, 5) is 9.10. The number of aromatic nitrogens is 4. The average molecular weight is 324 g/mol. The van der Waals surface area contributed by atoms with Crippen molar-refractivity contribution in [2.24, 2.45) is 0 Å². The number of hydrogen-bond donors (Lipinski definition) is 0. The maximum absolute atomic E-state index is 13.0. The number of nitrogens with zero attached hydrogens (tertiary/aromatic N) is 4. The molecule has 1 aromatic carbocycles. The summed E-state index contributed by atoms with van der Waals surface area (Å²) in [5, 5.41) is 4.59. The van der Waals surface area contributed by atoms with Gasteiger partial charge in [-0.25, -0.2) is 19.0 Å². The van der Waals surface area contributed by atoms with Crippen LogP contribution in [-0.4, -0.2) is 19.7 Å². The van der Waals surface area contributed by atoms with Crippen LogP contribution in [0.5, 0.6) is 0 Å². The van der Waals surface area contributed by atoms with Gasteiger partial charge in [0.25, 0.3) is 5.95 Å². The summed E-state index contributed by atoms with van der Waals surface area (Å²) in [5.74, 6) is 0.326.